The van der Waals surface area contributed by atoms with Crippen LogP contribution in [-0.4, -0.2) is 37.8 Å². The fourth-order valence-corrected chi connectivity index (χ4v) is 2.97. The van der Waals surface area contributed by atoms with Gasteiger partial charge in [0, 0.05) is 38.0 Å². The number of hydrogen-bond donors (Lipinski definition) is 1. The van der Waals surface area contributed by atoms with Gasteiger partial charge in [-0.05, 0) is 51.3 Å². The molecule has 1 aromatic heterocycles. The molecule has 0 bridgehead atoms. The first-order valence-corrected chi connectivity index (χ1v) is 8.12. The normalized spacial score (nSPS) is 18.8. The fraction of sp³-hybridized carbons (Fsp3) is 0.706. The molecular formula is C17H29N3O. The summed E-state index contributed by atoms with van der Waals surface area (Å²) in [7, 11) is 2.13. The van der Waals surface area contributed by atoms with Gasteiger partial charge in [-0.15, -0.1) is 0 Å². The molecule has 1 N–H and O–H groups in total. The highest BCUT2D eigenvalue weighted by Crippen LogP contribution is 2.23. The van der Waals surface area contributed by atoms with Gasteiger partial charge in [-0.3, -0.25) is 0 Å². The highest BCUT2D eigenvalue weighted by atomic mass is 16.5. The average Bonchev–Trinajstić information content (AvgIpc) is 2.46. The van der Waals surface area contributed by atoms with E-state index in [0.29, 0.717) is 6.10 Å². The number of hydrogen-bond acceptors (Lipinski definition) is 4. The van der Waals surface area contributed by atoms with Crippen molar-refractivity contribution in [2.24, 2.45) is 0 Å². The fourth-order valence-electron chi connectivity index (χ4n) is 2.97. The summed E-state index contributed by atoms with van der Waals surface area (Å²) in [5.74, 6) is 1.10. The molecule has 0 aliphatic carbocycles. The molecule has 2 heterocycles. The topological polar surface area (TPSA) is 37.4 Å². The standard InChI is InChI=1S/C17H29N3O/c1-5-18-11-16-13(2)10-14(3)19-17(16)20(4)12-15-8-6-7-9-21-15/h10,15,18H,5-9,11-12H2,1-4H3. The predicted octanol–water partition coefficient (Wildman–Crippen LogP) is 2.81. The first-order valence-electron chi connectivity index (χ1n) is 8.12. The van der Waals surface area contributed by atoms with Crippen LogP contribution >= 0.6 is 0 Å². The monoisotopic (exact) mass is 291 g/mol. The Morgan fingerprint density at radius 2 is 2.19 bits per heavy atom. The van der Waals surface area contributed by atoms with Crippen molar-refractivity contribution >= 4 is 5.82 Å². The first-order chi connectivity index (χ1) is 10.1. The number of anilines is 1. The van der Waals surface area contributed by atoms with Gasteiger partial charge in [-0.1, -0.05) is 6.92 Å². The number of ether oxygens (including phenoxy) is 1. The lowest BCUT2D eigenvalue weighted by Gasteiger charge is -2.29. The van der Waals surface area contributed by atoms with Crippen molar-refractivity contribution in [2.75, 3.05) is 31.6 Å². The second-order valence-electron chi connectivity index (χ2n) is 6.03. The number of nitrogens with one attached hydrogen (secondary N) is 1. The van der Waals surface area contributed by atoms with E-state index in [1.54, 1.807) is 0 Å². The van der Waals surface area contributed by atoms with Gasteiger partial charge in [0.1, 0.15) is 5.82 Å². The van der Waals surface area contributed by atoms with E-state index < -0.39 is 0 Å². The van der Waals surface area contributed by atoms with Crippen LogP contribution in [0.25, 0.3) is 0 Å². The van der Waals surface area contributed by atoms with Gasteiger partial charge in [0.2, 0.25) is 0 Å². The van der Waals surface area contributed by atoms with Gasteiger partial charge in [0.05, 0.1) is 6.10 Å². The molecule has 0 saturated carbocycles. The first kappa shape index (κ1) is 16.2. The minimum absolute atomic E-state index is 0.346. The van der Waals surface area contributed by atoms with Crippen LogP contribution in [0.15, 0.2) is 6.07 Å². The number of aromatic nitrogens is 1. The van der Waals surface area contributed by atoms with E-state index in [2.05, 4.69) is 44.1 Å². The third kappa shape index (κ3) is 4.42. The molecule has 4 nitrogen and oxygen atoms in total. The highest BCUT2D eigenvalue weighted by Gasteiger charge is 2.19. The van der Waals surface area contributed by atoms with Crippen LogP contribution in [-0.2, 0) is 11.3 Å². The summed E-state index contributed by atoms with van der Waals surface area (Å²) < 4.78 is 5.87. The summed E-state index contributed by atoms with van der Waals surface area (Å²) >= 11 is 0. The van der Waals surface area contributed by atoms with E-state index in [4.69, 9.17) is 9.72 Å². The maximum Gasteiger partial charge on any atom is 0.133 e. The highest BCUT2D eigenvalue weighted by molar-refractivity contribution is 5.51. The zero-order valence-electron chi connectivity index (χ0n) is 13.9. The van der Waals surface area contributed by atoms with E-state index in [-0.39, 0.29) is 0 Å². The number of aryl methyl sites for hydroxylation is 2. The van der Waals surface area contributed by atoms with Gasteiger partial charge >= 0.3 is 0 Å². The van der Waals surface area contributed by atoms with Gasteiger partial charge in [-0.2, -0.15) is 0 Å². The predicted molar refractivity (Wildman–Crippen MR) is 88.0 cm³/mol. The molecule has 1 saturated heterocycles. The number of rotatable bonds is 6. The molecule has 1 fully saturated rings. The minimum Gasteiger partial charge on any atom is -0.376 e. The Balaban J connectivity index is 2.15. The largest absolute Gasteiger partial charge is 0.376 e. The van der Waals surface area contributed by atoms with Gasteiger partial charge < -0.3 is 15.0 Å². The van der Waals surface area contributed by atoms with E-state index in [1.807, 2.05) is 0 Å². The molecule has 118 valence electrons. The van der Waals surface area contributed by atoms with Crippen molar-refractivity contribution in [2.45, 2.75) is 52.7 Å². The molecular weight excluding hydrogens is 262 g/mol. The van der Waals surface area contributed by atoms with E-state index >= 15 is 0 Å². The summed E-state index contributed by atoms with van der Waals surface area (Å²) in [6.45, 7) is 10.1. The third-order valence-corrected chi connectivity index (χ3v) is 4.12. The Hall–Kier alpha value is -1.13. The van der Waals surface area contributed by atoms with Crippen molar-refractivity contribution in [3.63, 3.8) is 0 Å². The smallest absolute Gasteiger partial charge is 0.133 e. The second-order valence-corrected chi connectivity index (χ2v) is 6.03. The maximum atomic E-state index is 5.87. The molecule has 1 aromatic rings. The number of likely N-dealkylation sites (N-methyl/N-ethyl adjacent to an activating group) is 1. The Labute approximate surface area is 128 Å². The van der Waals surface area contributed by atoms with Crippen LogP contribution in [0, 0.1) is 13.8 Å². The lowest BCUT2D eigenvalue weighted by atomic mass is 10.1. The van der Waals surface area contributed by atoms with Crippen LogP contribution in [0.4, 0.5) is 5.82 Å². The summed E-state index contributed by atoms with van der Waals surface area (Å²) in [4.78, 5) is 7.05. The number of pyridine rings is 1. The Bertz CT molecular complexity index is 456. The Morgan fingerprint density at radius 3 is 2.86 bits per heavy atom. The van der Waals surface area contributed by atoms with Crippen molar-refractivity contribution < 1.29 is 4.74 Å². The molecule has 1 atom stereocenters. The zero-order valence-corrected chi connectivity index (χ0v) is 13.9. The Kier molecular flexibility index (Phi) is 6.00. The van der Waals surface area contributed by atoms with Gasteiger partial charge in [0.15, 0.2) is 0 Å². The molecule has 21 heavy (non-hydrogen) atoms. The van der Waals surface area contributed by atoms with E-state index in [9.17, 15) is 0 Å². The molecule has 1 aliphatic heterocycles. The molecule has 2 rings (SSSR count). The van der Waals surface area contributed by atoms with Crippen LogP contribution in [0.2, 0.25) is 0 Å². The summed E-state index contributed by atoms with van der Waals surface area (Å²) in [5.41, 5.74) is 3.70. The third-order valence-electron chi connectivity index (χ3n) is 4.12. The van der Waals surface area contributed by atoms with Crippen LogP contribution < -0.4 is 10.2 Å². The van der Waals surface area contributed by atoms with Crippen LogP contribution in [0.3, 0.4) is 0 Å². The molecule has 0 aromatic carbocycles. The van der Waals surface area contributed by atoms with Crippen LogP contribution in [0.1, 0.15) is 43.0 Å². The lowest BCUT2D eigenvalue weighted by Crippen LogP contribution is -2.34. The molecule has 1 unspecified atom stereocenters. The summed E-state index contributed by atoms with van der Waals surface area (Å²) in [6.07, 6.45) is 3.99. The van der Waals surface area contributed by atoms with Crippen molar-refractivity contribution in [1.29, 1.82) is 0 Å². The molecule has 0 amide bonds. The molecule has 1 aliphatic rings. The molecule has 4 heteroatoms. The summed E-state index contributed by atoms with van der Waals surface area (Å²) in [5, 5.41) is 3.43. The van der Waals surface area contributed by atoms with Crippen LogP contribution in [0.5, 0.6) is 0 Å². The molecule has 0 radical (unpaired) electrons. The van der Waals surface area contributed by atoms with E-state index in [0.717, 1.165) is 44.2 Å². The zero-order chi connectivity index (χ0) is 15.2. The van der Waals surface area contributed by atoms with E-state index in [1.165, 1.54) is 24.0 Å². The second kappa shape index (κ2) is 7.76. The van der Waals surface area contributed by atoms with Crippen molar-refractivity contribution in [1.82, 2.24) is 10.3 Å². The average molecular weight is 291 g/mol. The molecule has 0 spiro atoms. The minimum atomic E-state index is 0.346. The number of nitrogens with zero attached hydrogens (tertiary/aromatic N) is 2. The van der Waals surface area contributed by atoms with Crippen molar-refractivity contribution in [3.8, 4) is 0 Å². The maximum absolute atomic E-state index is 5.87. The Morgan fingerprint density at radius 1 is 1.38 bits per heavy atom. The lowest BCUT2D eigenvalue weighted by molar-refractivity contribution is 0.0215. The summed E-state index contributed by atoms with van der Waals surface area (Å²) in [6, 6.07) is 2.17. The SMILES string of the molecule is CCNCc1c(C)cc(C)nc1N(C)CC1CCCCO1. The van der Waals surface area contributed by atoms with Gasteiger partial charge in [0.25, 0.3) is 0 Å². The van der Waals surface area contributed by atoms with Crippen molar-refractivity contribution in [3.05, 3.63) is 22.9 Å². The van der Waals surface area contributed by atoms with Gasteiger partial charge in [-0.25, -0.2) is 4.98 Å². The quantitative estimate of drug-likeness (QED) is 0.874.